The second-order valence-corrected chi connectivity index (χ2v) is 8.79. The highest BCUT2D eigenvalue weighted by Gasteiger charge is 2.30. The predicted octanol–water partition coefficient (Wildman–Crippen LogP) is 2.15. The van der Waals surface area contributed by atoms with Gasteiger partial charge in [0.25, 0.3) is 11.5 Å². The van der Waals surface area contributed by atoms with Gasteiger partial charge < -0.3 is 19.2 Å². The number of H-pyrrole nitrogens is 1. The number of carbonyl (C=O) groups is 1. The minimum absolute atomic E-state index is 0.0669. The molecule has 0 unspecified atom stereocenters. The summed E-state index contributed by atoms with van der Waals surface area (Å²) in [4.78, 5) is 38.4. The molecule has 1 aromatic carbocycles. The van der Waals surface area contributed by atoms with Gasteiger partial charge in [-0.15, -0.1) is 0 Å². The van der Waals surface area contributed by atoms with Gasteiger partial charge in [0.1, 0.15) is 17.1 Å². The van der Waals surface area contributed by atoms with Crippen LogP contribution in [0.4, 0.5) is 0 Å². The number of hydrogen-bond acceptors (Lipinski definition) is 5. The quantitative estimate of drug-likeness (QED) is 0.663. The summed E-state index contributed by atoms with van der Waals surface area (Å²) < 4.78 is 7.31. The first-order valence-corrected chi connectivity index (χ1v) is 11.4. The number of aryl methyl sites for hydroxylation is 1. The average Bonchev–Trinajstić information content (AvgIpc) is 3.12. The molecule has 8 nitrogen and oxygen atoms in total. The molecular weight excluding hydrogens is 418 g/mol. The molecule has 0 fully saturated rings. The van der Waals surface area contributed by atoms with Crippen LogP contribution in [-0.4, -0.2) is 57.0 Å². The number of pyridine rings is 1. The summed E-state index contributed by atoms with van der Waals surface area (Å²) in [5, 5.41) is 0. The van der Waals surface area contributed by atoms with E-state index in [1.54, 1.807) is 4.57 Å². The van der Waals surface area contributed by atoms with E-state index in [0.717, 1.165) is 43.3 Å². The van der Waals surface area contributed by atoms with Gasteiger partial charge in [-0.2, -0.15) is 0 Å². The van der Waals surface area contributed by atoms with E-state index in [9.17, 15) is 9.59 Å². The Bertz CT molecular complexity index is 1250. The first-order valence-electron chi connectivity index (χ1n) is 11.4. The first kappa shape index (κ1) is 21.5. The molecule has 0 saturated heterocycles. The van der Waals surface area contributed by atoms with E-state index < -0.39 is 0 Å². The normalized spacial score (nSPS) is 16.1. The molecule has 0 spiro atoms. The van der Waals surface area contributed by atoms with E-state index >= 15 is 0 Å². The molecule has 3 aromatic rings. The molecule has 1 amide bonds. The van der Waals surface area contributed by atoms with Gasteiger partial charge in [0, 0.05) is 69.3 Å². The Morgan fingerprint density at radius 1 is 1.12 bits per heavy atom. The van der Waals surface area contributed by atoms with Crippen molar-refractivity contribution in [2.75, 3.05) is 26.7 Å². The van der Waals surface area contributed by atoms with Gasteiger partial charge in [0.05, 0.1) is 7.11 Å². The van der Waals surface area contributed by atoms with Crippen LogP contribution in [0, 0.1) is 6.92 Å². The number of fused-ring (bicyclic) bond motifs is 2. The third-order valence-corrected chi connectivity index (χ3v) is 6.69. The number of amides is 1. The van der Waals surface area contributed by atoms with Crippen LogP contribution in [0.15, 0.2) is 41.3 Å². The molecule has 2 aliphatic rings. The summed E-state index contributed by atoms with van der Waals surface area (Å²) >= 11 is 0. The molecule has 0 saturated carbocycles. The van der Waals surface area contributed by atoms with Crippen LogP contribution < -0.4 is 10.3 Å². The van der Waals surface area contributed by atoms with Crippen molar-refractivity contribution in [1.82, 2.24) is 24.3 Å². The molecule has 8 heteroatoms. The maximum atomic E-state index is 13.8. The number of carbonyl (C=O) groups excluding carboxylic acids is 1. The SMILES string of the molecule is COc1cc(=O)n2c(c1C(=O)N1CCc3ccccc3C1)CCN(Cc1cnc(C)[nH]1)CC2. The molecule has 0 radical (unpaired) electrons. The number of imidazole rings is 1. The fraction of sp³-hybridized carbons (Fsp3) is 0.400. The van der Waals surface area contributed by atoms with Crippen LogP contribution in [0.25, 0.3) is 0 Å². The Morgan fingerprint density at radius 3 is 2.70 bits per heavy atom. The Balaban J connectivity index is 1.44. The van der Waals surface area contributed by atoms with Crippen molar-refractivity contribution in [1.29, 1.82) is 0 Å². The van der Waals surface area contributed by atoms with Gasteiger partial charge in [-0.05, 0) is 24.5 Å². The molecule has 33 heavy (non-hydrogen) atoms. The number of aromatic amines is 1. The molecule has 2 aliphatic heterocycles. The summed E-state index contributed by atoms with van der Waals surface area (Å²) in [6, 6.07) is 9.72. The fourth-order valence-corrected chi connectivity index (χ4v) is 4.96. The first-order chi connectivity index (χ1) is 16.0. The van der Waals surface area contributed by atoms with Crippen LogP contribution in [-0.2, 0) is 32.5 Å². The fourth-order valence-electron chi connectivity index (χ4n) is 4.96. The van der Waals surface area contributed by atoms with E-state index in [1.807, 2.05) is 30.2 Å². The molecule has 0 atom stereocenters. The molecule has 0 bridgehead atoms. The number of ether oxygens (including phenoxy) is 1. The third kappa shape index (κ3) is 4.18. The largest absolute Gasteiger partial charge is 0.496 e. The zero-order valence-electron chi connectivity index (χ0n) is 19.1. The smallest absolute Gasteiger partial charge is 0.259 e. The van der Waals surface area contributed by atoms with Crippen molar-refractivity contribution in [3.05, 3.63) is 80.8 Å². The maximum absolute atomic E-state index is 13.8. The Hall–Kier alpha value is -3.39. The number of benzene rings is 1. The van der Waals surface area contributed by atoms with Gasteiger partial charge in [-0.25, -0.2) is 4.98 Å². The summed E-state index contributed by atoms with van der Waals surface area (Å²) in [5.41, 5.74) is 4.69. The van der Waals surface area contributed by atoms with Gasteiger partial charge in [-0.1, -0.05) is 24.3 Å². The molecule has 172 valence electrons. The van der Waals surface area contributed by atoms with E-state index in [0.29, 0.717) is 37.4 Å². The lowest BCUT2D eigenvalue weighted by Gasteiger charge is -2.30. The van der Waals surface area contributed by atoms with Crippen molar-refractivity contribution in [2.24, 2.45) is 0 Å². The van der Waals surface area contributed by atoms with Gasteiger partial charge in [0.15, 0.2) is 0 Å². The van der Waals surface area contributed by atoms with Crippen LogP contribution in [0.3, 0.4) is 0 Å². The average molecular weight is 448 g/mol. The number of hydrogen-bond donors (Lipinski definition) is 1. The van der Waals surface area contributed by atoms with Crippen molar-refractivity contribution in [3.63, 3.8) is 0 Å². The highest BCUT2D eigenvalue weighted by atomic mass is 16.5. The second-order valence-electron chi connectivity index (χ2n) is 8.79. The number of nitrogens with zero attached hydrogens (tertiary/aromatic N) is 4. The minimum atomic E-state index is -0.123. The summed E-state index contributed by atoms with van der Waals surface area (Å²) in [6.07, 6.45) is 3.29. The van der Waals surface area contributed by atoms with E-state index in [-0.39, 0.29) is 11.5 Å². The summed E-state index contributed by atoms with van der Waals surface area (Å²) in [5.74, 6) is 1.19. The lowest BCUT2D eigenvalue weighted by molar-refractivity contribution is 0.0728. The highest BCUT2D eigenvalue weighted by Crippen LogP contribution is 2.27. The van der Waals surface area contributed by atoms with Gasteiger partial charge >= 0.3 is 0 Å². The van der Waals surface area contributed by atoms with Crippen molar-refractivity contribution < 1.29 is 9.53 Å². The van der Waals surface area contributed by atoms with Crippen molar-refractivity contribution in [2.45, 2.75) is 39.4 Å². The van der Waals surface area contributed by atoms with Crippen LogP contribution in [0.1, 0.15) is 38.7 Å². The summed E-state index contributed by atoms with van der Waals surface area (Å²) in [6.45, 7) is 5.90. The standard InChI is InChI=1S/C25H29N5O3/c1-17-26-14-20(27-17)16-28-9-8-21-24(22(33-2)13-23(31)30(21)12-11-28)25(32)29-10-7-18-5-3-4-6-19(18)15-29/h3-6,13-14H,7-12,15-16H2,1-2H3,(H,26,27). The molecule has 2 aromatic heterocycles. The van der Waals surface area contributed by atoms with Crippen molar-refractivity contribution >= 4 is 5.91 Å². The number of methoxy groups -OCH3 is 1. The Morgan fingerprint density at radius 2 is 1.94 bits per heavy atom. The van der Waals surface area contributed by atoms with Crippen molar-refractivity contribution in [3.8, 4) is 5.75 Å². The monoisotopic (exact) mass is 447 g/mol. The lowest BCUT2D eigenvalue weighted by atomic mass is 9.98. The molecule has 0 aliphatic carbocycles. The van der Waals surface area contributed by atoms with E-state index in [2.05, 4.69) is 27.0 Å². The highest BCUT2D eigenvalue weighted by molar-refractivity contribution is 5.98. The molecule has 4 heterocycles. The number of rotatable bonds is 4. The predicted molar refractivity (Wildman–Crippen MR) is 124 cm³/mol. The van der Waals surface area contributed by atoms with E-state index in [1.165, 1.54) is 24.3 Å². The molecule has 1 N–H and O–H groups in total. The van der Waals surface area contributed by atoms with Gasteiger partial charge in [-0.3, -0.25) is 14.5 Å². The summed E-state index contributed by atoms with van der Waals surface area (Å²) in [7, 11) is 1.53. The minimum Gasteiger partial charge on any atom is -0.496 e. The number of nitrogens with one attached hydrogen (secondary N) is 1. The topological polar surface area (TPSA) is 83.5 Å². The zero-order valence-corrected chi connectivity index (χ0v) is 19.1. The zero-order chi connectivity index (χ0) is 22.9. The number of aromatic nitrogens is 3. The Labute approximate surface area is 192 Å². The molecule has 5 rings (SSSR count). The van der Waals surface area contributed by atoms with Crippen LogP contribution in [0.2, 0.25) is 0 Å². The second kappa shape index (κ2) is 8.86. The maximum Gasteiger partial charge on any atom is 0.259 e. The Kier molecular flexibility index (Phi) is 5.76. The third-order valence-electron chi connectivity index (χ3n) is 6.69. The lowest BCUT2D eigenvalue weighted by Crippen LogP contribution is -2.38. The van der Waals surface area contributed by atoms with Gasteiger partial charge in [0.2, 0.25) is 0 Å². The van der Waals surface area contributed by atoms with Crippen LogP contribution in [0.5, 0.6) is 5.75 Å². The van der Waals surface area contributed by atoms with E-state index in [4.69, 9.17) is 4.74 Å². The molecular formula is C25H29N5O3. The van der Waals surface area contributed by atoms with Crippen LogP contribution >= 0.6 is 0 Å².